The highest BCUT2D eigenvalue weighted by Crippen LogP contribution is 2.27. The largest absolute Gasteiger partial charge is 0.494 e. The van der Waals surface area contributed by atoms with E-state index >= 15 is 0 Å². The zero-order valence-electron chi connectivity index (χ0n) is 10.5. The first-order valence-electron chi connectivity index (χ1n) is 6.03. The number of halogens is 1. The molecule has 0 aromatic heterocycles. The molecule has 0 heterocycles. The Morgan fingerprint density at radius 1 is 1.41 bits per heavy atom. The Kier molecular flexibility index (Phi) is 5.94. The van der Waals surface area contributed by atoms with Crippen molar-refractivity contribution in [2.24, 2.45) is 5.84 Å². The predicted octanol–water partition coefficient (Wildman–Crippen LogP) is 2.92. The van der Waals surface area contributed by atoms with Crippen molar-refractivity contribution in [2.45, 2.75) is 38.6 Å². The maximum atomic E-state index is 14.0. The number of nitrogens with one attached hydrogen (secondary N) is 1. The average Bonchev–Trinajstić information content (AvgIpc) is 2.36. The van der Waals surface area contributed by atoms with Crippen LogP contribution in [0.1, 0.15) is 44.2 Å². The Morgan fingerprint density at radius 2 is 2.18 bits per heavy atom. The third-order valence-electron chi connectivity index (χ3n) is 2.89. The highest BCUT2D eigenvalue weighted by molar-refractivity contribution is 5.32. The molecule has 0 aliphatic rings. The van der Waals surface area contributed by atoms with Gasteiger partial charge in [0.1, 0.15) is 0 Å². The van der Waals surface area contributed by atoms with Gasteiger partial charge >= 0.3 is 0 Å². The Morgan fingerprint density at radius 3 is 2.76 bits per heavy atom. The Balaban J connectivity index is 2.80. The molecule has 1 aromatic rings. The topological polar surface area (TPSA) is 47.3 Å². The van der Waals surface area contributed by atoms with E-state index in [1.807, 2.05) is 0 Å². The molecule has 0 radical (unpaired) electrons. The Hall–Kier alpha value is -1.13. The van der Waals surface area contributed by atoms with Crippen molar-refractivity contribution in [1.82, 2.24) is 5.43 Å². The third-order valence-corrected chi connectivity index (χ3v) is 2.89. The summed E-state index contributed by atoms with van der Waals surface area (Å²) in [7, 11) is 1.46. The van der Waals surface area contributed by atoms with Crippen LogP contribution in [-0.4, -0.2) is 7.11 Å². The van der Waals surface area contributed by atoms with E-state index in [0.29, 0.717) is 5.56 Å². The molecule has 0 aliphatic heterocycles. The normalized spacial score (nSPS) is 12.5. The van der Waals surface area contributed by atoms with Gasteiger partial charge in [-0.15, -0.1) is 0 Å². The van der Waals surface area contributed by atoms with Gasteiger partial charge in [0.05, 0.1) is 7.11 Å². The summed E-state index contributed by atoms with van der Waals surface area (Å²) >= 11 is 0. The number of hydrazine groups is 1. The fourth-order valence-corrected chi connectivity index (χ4v) is 1.88. The molecule has 4 heteroatoms. The van der Waals surface area contributed by atoms with Gasteiger partial charge in [0, 0.05) is 11.6 Å². The van der Waals surface area contributed by atoms with Crippen molar-refractivity contribution in [1.29, 1.82) is 0 Å². The minimum absolute atomic E-state index is 0.156. The van der Waals surface area contributed by atoms with Crippen molar-refractivity contribution < 1.29 is 9.13 Å². The van der Waals surface area contributed by atoms with Crippen molar-refractivity contribution >= 4 is 0 Å². The number of hydrogen-bond donors (Lipinski definition) is 2. The van der Waals surface area contributed by atoms with E-state index in [1.54, 1.807) is 18.2 Å². The summed E-state index contributed by atoms with van der Waals surface area (Å²) in [6.07, 6.45) is 4.12. The van der Waals surface area contributed by atoms with Crippen LogP contribution >= 0.6 is 0 Å². The van der Waals surface area contributed by atoms with Gasteiger partial charge in [0.25, 0.3) is 0 Å². The first-order valence-corrected chi connectivity index (χ1v) is 6.03. The molecule has 0 fully saturated rings. The van der Waals surface area contributed by atoms with Crippen LogP contribution in [0.5, 0.6) is 5.75 Å². The van der Waals surface area contributed by atoms with Crippen LogP contribution in [0.15, 0.2) is 18.2 Å². The molecule has 0 amide bonds. The number of ether oxygens (including phenoxy) is 1. The average molecular weight is 240 g/mol. The zero-order chi connectivity index (χ0) is 12.7. The summed E-state index contributed by atoms with van der Waals surface area (Å²) in [6, 6.07) is 4.98. The molecule has 0 saturated carbocycles. The van der Waals surface area contributed by atoms with Crippen LogP contribution in [0, 0.1) is 5.82 Å². The Labute approximate surface area is 102 Å². The van der Waals surface area contributed by atoms with E-state index < -0.39 is 0 Å². The summed E-state index contributed by atoms with van der Waals surface area (Å²) in [5.41, 5.74) is 3.25. The molecular weight excluding hydrogens is 219 g/mol. The highest BCUT2D eigenvalue weighted by atomic mass is 19.1. The predicted molar refractivity (Wildman–Crippen MR) is 67.2 cm³/mol. The first kappa shape index (κ1) is 13.9. The quantitative estimate of drug-likeness (QED) is 0.437. The zero-order valence-corrected chi connectivity index (χ0v) is 10.5. The number of rotatable bonds is 7. The van der Waals surface area contributed by atoms with Crippen LogP contribution in [0.2, 0.25) is 0 Å². The lowest BCUT2D eigenvalue weighted by molar-refractivity contribution is 0.376. The molecule has 1 unspecified atom stereocenters. The van der Waals surface area contributed by atoms with Gasteiger partial charge in [-0.05, 0) is 12.5 Å². The smallest absolute Gasteiger partial charge is 0.169 e. The minimum atomic E-state index is -0.325. The fraction of sp³-hybridized carbons (Fsp3) is 0.538. The molecule has 3 nitrogen and oxygen atoms in total. The number of nitrogens with two attached hydrogens (primary N) is 1. The van der Waals surface area contributed by atoms with E-state index in [1.165, 1.54) is 7.11 Å². The van der Waals surface area contributed by atoms with Gasteiger partial charge in [-0.1, -0.05) is 38.3 Å². The maximum absolute atomic E-state index is 14.0. The lowest BCUT2D eigenvalue weighted by atomic mass is 10.00. The van der Waals surface area contributed by atoms with Crippen LogP contribution < -0.4 is 16.0 Å². The molecule has 17 heavy (non-hydrogen) atoms. The second-order valence-corrected chi connectivity index (χ2v) is 4.08. The second kappa shape index (κ2) is 7.25. The van der Waals surface area contributed by atoms with Crippen molar-refractivity contribution in [3.63, 3.8) is 0 Å². The van der Waals surface area contributed by atoms with Crippen molar-refractivity contribution in [2.75, 3.05) is 7.11 Å². The Bertz CT molecular complexity index is 344. The van der Waals surface area contributed by atoms with Crippen LogP contribution in [0.4, 0.5) is 4.39 Å². The summed E-state index contributed by atoms with van der Waals surface area (Å²) in [5, 5.41) is 0. The van der Waals surface area contributed by atoms with Crippen molar-refractivity contribution in [3.05, 3.63) is 29.6 Å². The van der Waals surface area contributed by atoms with Gasteiger partial charge in [0.2, 0.25) is 0 Å². The van der Waals surface area contributed by atoms with Gasteiger partial charge in [-0.2, -0.15) is 0 Å². The van der Waals surface area contributed by atoms with Gasteiger partial charge in [-0.25, -0.2) is 4.39 Å². The molecule has 1 aromatic carbocycles. The molecule has 0 bridgehead atoms. The van der Waals surface area contributed by atoms with Crippen molar-refractivity contribution in [3.8, 4) is 5.75 Å². The van der Waals surface area contributed by atoms with Crippen LogP contribution in [-0.2, 0) is 0 Å². The van der Waals surface area contributed by atoms with E-state index in [4.69, 9.17) is 10.6 Å². The van der Waals surface area contributed by atoms with Gasteiger partial charge < -0.3 is 4.74 Å². The highest BCUT2D eigenvalue weighted by Gasteiger charge is 2.16. The summed E-state index contributed by atoms with van der Waals surface area (Å²) in [4.78, 5) is 0. The number of methoxy groups -OCH3 is 1. The molecule has 1 rings (SSSR count). The number of unbranched alkanes of at least 4 members (excludes halogenated alkanes) is 2. The SMILES string of the molecule is CCCCCC(NN)c1cccc(OC)c1F. The van der Waals surface area contributed by atoms with E-state index in [-0.39, 0.29) is 17.6 Å². The third kappa shape index (κ3) is 3.68. The van der Waals surface area contributed by atoms with Crippen LogP contribution in [0.3, 0.4) is 0 Å². The standard InChI is InChI=1S/C13H21FN2O/c1-3-4-5-8-11(16-15)10-7-6-9-12(17-2)13(10)14/h6-7,9,11,16H,3-5,8,15H2,1-2H3. The maximum Gasteiger partial charge on any atom is 0.169 e. The van der Waals surface area contributed by atoms with E-state index in [2.05, 4.69) is 12.3 Å². The molecule has 0 aliphatic carbocycles. The first-order chi connectivity index (χ1) is 8.24. The molecular formula is C13H21FN2O. The fourth-order valence-electron chi connectivity index (χ4n) is 1.88. The summed E-state index contributed by atoms with van der Waals surface area (Å²) < 4.78 is 19.0. The number of benzene rings is 1. The lowest BCUT2D eigenvalue weighted by Crippen LogP contribution is -2.28. The molecule has 0 spiro atoms. The minimum Gasteiger partial charge on any atom is -0.494 e. The number of hydrogen-bond acceptors (Lipinski definition) is 3. The second-order valence-electron chi connectivity index (χ2n) is 4.08. The summed E-state index contributed by atoms with van der Waals surface area (Å²) in [6.45, 7) is 2.14. The monoisotopic (exact) mass is 240 g/mol. The van der Waals surface area contributed by atoms with E-state index in [9.17, 15) is 4.39 Å². The van der Waals surface area contributed by atoms with E-state index in [0.717, 1.165) is 25.7 Å². The van der Waals surface area contributed by atoms with Crippen LogP contribution in [0.25, 0.3) is 0 Å². The summed E-state index contributed by atoms with van der Waals surface area (Å²) in [5.74, 6) is 5.43. The molecule has 3 N–H and O–H groups in total. The van der Waals surface area contributed by atoms with Gasteiger partial charge in [-0.3, -0.25) is 11.3 Å². The molecule has 96 valence electrons. The molecule has 0 saturated heterocycles. The molecule has 1 atom stereocenters. The van der Waals surface area contributed by atoms with Gasteiger partial charge in [0.15, 0.2) is 11.6 Å². The lowest BCUT2D eigenvalue weighted by Gasteiger charge is -2.17.